The highest BCUT2D eigenvalue weighted by molar-refractivity contribution is 6.21. The molecule has 0 saturated heterocycles. The van der Waals surface area contributed by atoms with Gasteiger partial charge in [0.05, 0.1) is 24.3 Å². The van der Waals surface area contributed by atoms with Gasteiger partial charge in [-0.2, -0.15) is 0 Å². The number of fused-ring (bicyclic) bond motifs is 1. The van der Waals surface area contributed by atoms with Gasteiger partial charge < -0.3 is 10.1 Å². The van der Waals surface area contributed by atoms with Crippen molar-refractivity contribution in [2.45, 2.75) is 26.6 Å². The molecule has 0 atom stereocenters. The van der Waals surface area contributed by atoms with E-state index in [1.807, 2.05) is 31.2 Å². The van der Waals surface area contributed by atoms with E-state index in [1.165, 1.54) is 4.90 Å². The van der Waals surface area contributed by atoms with Gasteiger partial charge in [-0.3, -0.25) is 19.3 Å². The van der Waals surface area contributed by atoms with Crippen LogP contribution in [0.3, 0.4) is 0 Å². The first-order chi connectivity index (χ1) is 15.6. The molecule has 6 nitrogen and oxygen atoms in total. The van der Waals surface area contributed by atoms with E-state index in [9.17, 15) is 14.4 Å². The highest BCUT2D eigenvalue weighted by atomic mass is 16.5. The molecule has 0 saturated carbocycles. The Labute approximate surface area is 186 Å². The number of nitrogens with zero attached hydrogens (tertiary/aromatic N) is 1. The van der Waals surface area contributed by atoms with Crippen molar-refractivity contribution >= 4 is 17.7 Å². The highest BCUT2D eigenvalue weighted by Crippen LogP contribution is 2.24. The third kappa shape index (κ3) is 4.45. The molecule has 0 aliphatic carbocycles. The van der Waals surface area contributed by atoms with Gasteiger partial charge >= 0.3 is 0 Å². The van der Waals surface area contributed by atoms with Gasteiger partial charge in [0.25, 0.3) is 17.7 Å². The minimum absolute atomic E-state index is 0.166. The Kier molecular flexibility index (Phi) is 6.42. The zero-order valence-corrected chi connectivity index (χ0v) is 17.8. The quantitative estimate of drug-likeness (QED) is 0.551. The van der Waals surface area contributed by atoms with Crippen LogP contribution in [-0.2, 0) is 24.4 Å². The topological polar surface area (TPSA) is 75.7 Å². The van der Waals surface area contributed by atoms with Gasteiger partial charge in [-0.25, -0.2) is 0 Å². The standard InChI is InChI=1S/C26H24N2O4/c1-2-32-17-21-8-4-3-7-20(21)15-27-24(29)19-13-11-18(12-14-19)16-28-25(30)22-9-5-6-10-23(22)26(28)31/h3-14H,2,15-17H2,1H3,(H,27,29). The Morgan fingerprint density at radius 1 is 0.844 bits per heavy atom. The van der Waals surface area contributed by atoms with E-state index in [4.69, 9.17) is 4.74 Å². The van der Waals surface area contributed by atoms with Crippen LogP contribution in [0.4, 0.5) is 0 Å². The summed E-state index contributed by atoms with van der Waals surface area (Å²) in [5.74, 6) is -0.778. The molecule has 3 aromatic carbocycles. The van der Waals surface area contributed by atoms with Crippen LogP contribution in [0, 0.1) is 0 Å². The lowest BCUT2D eigenvalue weighted by Gasteiger charge is -2.14. The molecule has 0 fully saturated rings. The maximum absolute atomic E-state index is 12.6. The number of hydrogen-bond donors (Lipinski definition) is 1. The van der Waals surface area contributed by atoms with Crippen LogP contribution >= 0.6 is 0 Å². The van der Waals surface area contributed by atoms with Crippen LogP contribution in [0.25, 0.3) is 0 Å². The maximum Gasteiger partial charge on any atom is 0.261 e. The number of rotatable bonds is 8. The fourth-order valence-electron chi connectivity index (χ4n) is 3.69. The number of imide groups is 1. The molecule has 0 unspecified atom stereocenters. The molecule has 1 aliphatic heterocycles. The van der Waals surface area contributed by atoms with E-state index < -0.39 is 0 Å². The van der Waals surface area contributed by atoms with Gasteiger partial charge in [-0.15, -0.1) is 0 Å². The first-order valence-corrected chi connectivity index (χ1v) is 10.6. The number of carbonyl (C=O) groups is 3. The molecule has 0 aromatic heterocycles. The number of amides is 3. The van der Waals surface area contributed by atoms with E-state index in [2.05, 4.69) is 5.32 Å². The normalized spacial score (nSPS) is 12.7. The van der Waals surface area contributed by atoms with Gasteiger partial charge in [0.2, 0.25) is 0 Å². The summed E-state index contributed by atoms with van der Waals surface area (Å²) >= 11 is 0. The monoisotopic (exact) mass is 428 g/mol. The molecule has 162 valence electrons. The number of hydrogen-bond acceptors (Lipinski definition) is 4. The second kappa shape index (κ2) is 9.58. The third-order valence-electron chi connectivity index (χ3n) is 5.45. The summed E-state index contributed by atoms with van der Waals surface area (Å²) in [4.78, 5) is 38.9. The molecule has 0 radical (unpaired) electrons. The summed E-state index contributed by atoms with van der Waals surface area (Å²) < 4.78 is 5.49. The summed E-state index contributed by atoms with van der Waals surface area (Å²) in [5, 5.41) is 2.94. The van der Waals surface area contributed by atoms with Gasteiger partial charge in [-0.05, 0) is 47.9 Å². The molecule has 3 amide bonds. The smallest absolute Gasteiger partial charge is 0.261 e. The SMILES string of the molecule is CCOCc1ccccc1CNC(=O)c1ccc(CN2C(=O)c3ccccc3C2=O)cc1. The number of benzene rings is 3. The molecule has 0 bridgehead atoms. The van der Waals surface area contributed by atoms with Crippen LogP contribution in [0.15, 0.2) is 72.8 Å². The fourth-order valence-corrected chi connectivity index (χ4v) is 3.69. The summed E-state index contributed by atoms with van der Waals surface area (Å²) in [5.41, 5.74) is 4.20. The Morgan fingerprint density at radius 2 is 1.44 bits per heavy atom. The van der Waals surface area contributed by atoms with Crippen LogP contribution in [-0.4, -0.2) is 29.2 Å². The second-order valence-corrected chi connectivity index (χ2v) is 7.53. The second-order valence-electron chi connectivity index (χ2n) is 7.53. The van der Waals surface area contributed by atoms with E-state index in [0.29, 0.717) is 36.4 Å². The molecular formula is C26H24N2O4. The van der Waals surface area contributed by atoms with Gasteiger partial charge in [0.15, 0.2) is 0 Å². The van der Waals surface area contributed by atoms with Crippen molar-refractivity contribution < 1.29 is 19.1 Å². The van der Waals surface area contributed by atoms with Gasteiger partial charge in [-0.1, -0.05) is 48.5 Å². The minimum Gasteiger partial charge on any atom is -0.377 e. The average molecular weight is 428 g/mol. The van der Waals surface area contributed by atoms with Crippen molar-refractivity contribution in [3.63, 3.8) is 0 Å². The summed E-state index contributed by atoms with van der Waals surface area (Å²) in [6.07, 6.45) is 0. The average Bonchev–Trinajstić information content (AvgIpc) is 3.07. The number of carbonyl (C=O) groups excluding carboxylic acids is 3. The van der Waals surface area contributed by atoms with Gasteiger partial charge in [0.1, 0.15) is 0 Å². The molecule has 1 aliphatic rings. The molecule has 3 aromatic rings. The summed E-state index contributed by atoms with van der Waals surface area (Å²) in [7, 11) is 0. The lowest BCUT2D eigenvalue weighted by molar-refractivity contribution is 0.0641. The molecular weight excluding hydrogens is 404 g/mol. The lowest BCUT2D eigenvalue weighted by atomic mass is 10.1. The molecule has 1 heterocycles. The number of ether oxygens (including phenoxy) is 1. The van der Waals surface area contributed by atoms with Crippen LogP contribution < -0.4 is 5.32 Å². The molecule has 1 N–H and O–H groups in total. The van der Waals surface area contributed by atoms with Crippen LogP contribution in [0.5, 0.6) is 0 Å². The summed E-state index contributed by atoms with van der Waals surface area (Å²) in [6, 6.07) is 21.6. The highest BCUT2D eigenvalue weighted by Gasteiger charge is 2.34. The van der Waals surface area contributed by atoms with Crippen molar-refractivity contribution in [3.8, 4) is 0 Å². The maximum atomic E-state index is 12.6. The zero-order valence-electron chi connectivity index (χ0n) is 17.8. The Bertz CT molecular complexity index is 1120. The third-order valence-corrected chi connectivity index (χ3v) is 5.45. The predicted octanol–water partition coefficient (Wildman–Crippen LogP) is 3.95. The van der Waals surface area contributed by atoms with E-state index >= 15 is 0 Å². The van der Waals surface area contributed by atoms with Crippen LogP contribution in [0.1, 0.15) is 54.7 Å². The molecule has 0 spiro atoms. The number of nitrogens with one attached hydrogen (secondary N) is 1. The van der Waals surface area contributed by atoms with Crippen molar-refractivity contribution in [3.05, 3.63) is 106 Å². The Hall–Kier alpha value is -3.77. The van der Waals surface area contributed by atoms with Crippen molar-refractivity contribution in [1.29, 1.82) is 0 Å². The van der Waals surface area contributed by atoms with Gasteiger partial charge in [0, 0.05) is 18.7 Å². The zero-order chi connectivity index (χ0) is 22.5. The lowest BCUT2D eigenvalue weighted by Crippen LogP contribution is -2.29. The molecule has 4 rings (SSSR count). The first-order valence-electron chi connectivity index (χ1n) is 10.6. The molecule has 32 heavy (non-hydrogen) atoms. The summed E-state index contributed by atoms with van der Waals surface area (Å²) in [6.45, 7) is 3.66. The van der Waals surface area contributed by atoms with E-state index in [1.54, 1.807) is 48.5 Å². The largest absolute Gasteiger partial charge is 0.377 e. The Balaban J connectivity index is 1.38. The van der Waals surface area contributed by atoms with E-state index in [0.717, 1.165) is 16.7 Å². The van der Waals surface area contributed by atoms with Crippen molar-refractivity contribution in [2.24, 2.45) is 0 Å². The van der Waals surface area contributed by atoms with Crippen LogP contribution in [0.2, 0.25) is 0 Å². The fraction of sp³-hybridized carbons (Fsp3) is 0.192. The Morgan fingerprint density at radius 3 is 2.06 bits per heavy atom. The van der Waals surface area contributed by atoms with Crippen molar-refractivity contribution in [2.75, 3.05) is 6.61 Å². The van der Waals surface area contributed by atoms with Crippen molar-refractivity contribution in [1.82, 2.24) is 10.2 Å². The first kappa shape index (κ1) is 21.5. The molecule has 6 heteroatoms. The minimum atomic E-state index is -0.293. The predicted molar refractivity (Wildman–Crippen MR) is 120 cm³/mol. The van der Waals surface area contributed by atoms with E-state index in [-0.39, 0.29) is 24.3 Å².